The van der Waals surface area contributed by atoms with E-state index in [0.29, 0.717) is 0 Å². The predicted octanol–water partition coefficient (Wildman–Crippen LogP) is 2.26. The molecule has 1 N–H and O–H groups in total. The standard InChI is InChI=1S/C18H11F9N4O7/c1-31-6-8(5-29-31)9-3-2-7-4-28-11(35-12(32)15(19,20)21)18(36-10(7)30-9,37-13(33)16(22,23)24)38-14(34)17(25,26)27/h2-3,5-6,11,28H,4H2,1H3. The molecule has 0 saturated carbocycles. The molecule has 0 spiro atoms. The molecule has 1 unspecified atom stereocenters. The molecule has 1 aliphatic heterocycles. The normalized spacial score (nSPS) is 17.5. The molecule has 3 heterocycles. The second-order valence-electron chi connectivity index (χ2n) is 7.21. The van der Waals surface area contributed by atoms with E-state index in [2.05, 4.69) is 24.3 Å². The monoisotopic (exact) mass is 566 g/mol. The minimum atomic E-state index is -6.01. The van der Waals surface area contributed by atoms with Crippen LogP contribution in [0.4, 0.5) is 39.5 Å². The van der Waals surface area contributed by atoms with E-state index in [9.17, 15) is 53.9 Å². The van der Waals surface area contributed by atoms with Crippen molar-refractivity contribution in [3.63, 3.8) is 0 Å². The molecule has 0 amide bonds. The van der Waals surface area contributed by atoms with Crippen molar-refractivity contribution in [3.05, 3.63) is 30.1 Å². The van der Waals surface area contributed by atoms with Gasteiger partial charge >= 0.3 is 42.4 Å². The highest BCUT2D eigenvalue weighted by Gasteiger charge is 2.62. The third kappa shape index (κ3) is 6.23. The van der Waals surface area contributed by atoms with Gasteiger partial charge in [0, 0.05) is 30.9 Å². The highest BCUT2D eigenvalue weighted by Crippen LogP contribution is 2.36. The Morgan fingerprint density at radius 1 is 0.974 bits per heavy atom. The molecule has 1 atom stereocenters. The first-order chi connectivity index (χ1) is 17.3. The average Bonchev–Trinajstić information content (AvgIpc) is 3.15. The number of ether oxygens (including phenoxy) is 4. The van der Waals surface area contributed by atoms with Crippen molar-refractivity contribution in [3.8, 4) is 17.1 Å². The first-order valence-corrected chi connectivity index (χ1v) is 9.61. The highest BCUT2D eigenvalue weighted by molar-refractivity contribution is 5.79. The van der Waals surface area contributed by atoms with Crippen molar-refractivity contribution >= 4 is 17.9 Å². The Kier molecular flexibility index (Phi) is 7.23. The molecule has 2 aromatic rings. The van der Waals surface area contributed by atoms with Crippen LogP contribution in [0.2, 0.25) is 0 Å². The Bertz CT molecular complexity index is 1210. The van der Waals surface area contributed by atoms with Gasteiger partial charge in [0.25, 0.3) is 6.23 Å². The molecule has 208 valence electrons. The van der Waals surface area contributed by atoms with Gasteiger partial charge in [-0.3, -0.25) is 10.00 Å². The zero-order valence-corrected chi connectivity index (χ0v) is 18.2. The average molecular weight is 566 g/mol. The zero-order chi connectivity index (χ0) is 28.7. The second kappa shape index (κ2) is 9.65. The molecular formula is C18H11F9N4O7. The number of pyridine rings is 1. The molecule has 11 nitrogen and oxygen atoms in total. The Morgan fingerprint density at radius 2 is 1.53 bits per heavy atom. The van der Waals surface area contributed by atoms with Crippen molar-refractivity contribution in [1.29, 1.82) is 0 Å². The fourth-order valence-corrected chi connectivity index (χ4v) is 2.75. The predicted molar refractivity (Wildman–Crippen MR) is 96.9 cm³/mol. The summed E-state index contributed by atoms with van der Waals surface area (Å²) < 4.78 is 134. The molecule has 0 saturated heterocycles. The van der Waals surface area contributed by atoms with Crippen molar-refractivity contribution in [2.45, 2.75) is 37.3 Å². The van der Waals surface area contributed by atoms with Gasteiger partial charge in [0.15, 0.2) is 0 Å². The number of rotatable bonds is 4. The number of esters is 3. The van der Waals surface area contributed by atoms with Gasteiger partial charge in [-0.15, -0.1) is 0 Å². The van der Waals surface area contributed by atoms with Gasteiger partial charge in [0.2, 0.25) is 5.88 Å². The number of nitrogens with one attached hydrogen (secondary N) is 1. The Balaban J connectivity index is 2.18. The Labute approximate surface area is 203 Å². The number of halogens is 9. The molecule has 0 aromatic carbocycles. The van der Waals surface area contributed by atoms with Crippen LogP contribution in [-0.4, -0.2) is 63.4 Å². The lowest BCUT2D eigenvalue weighted by molar-refractivity contribution is -0.370. The molecule has 2 aromatic heterocycles. The summed E-state index contributed by atoms with van der Waals surface area (Å²) in [5, 5.41) is 5.62. The van der Waals surface area contributed by atoms with Crippen LogP contribution in [0.5, 0.6) is 5.88 Å². The number of nitrogens with zero attached hydrogens (tertiary/aromatic N) is 3. The third-order valence-electron chi connectivity index (χ3n) is 4.37. The number of aromatic nitrogens is 3. The second-order valence-corrected chi connectivity index (χ2v) is 7.21. The summed E-state index contributed by atoms with van der Waals surface area (Å²) in [7, 11) is 1.48. The van der Waals surface area contributed by atoms with Gasteiger partial charge in [0.05, 0.1) is 11.9 Å². The van der Waals surface area contributed by atoms with Gasteiger partial charge in [-0.05, 0) is 6.07 Å². The molecule has 1 aliphatic rings. The summed E-state index contributed by atoms with van der Waals surface area (Å²) in [4.78, 5) is 38.4. The number of carbonyl (C=O) groups excluding carboxylic acids is 3. The van der Waals surface area contributed by atoms with Crippen LogP contribution in [0.3, 0.4) is 0 Å². The first-order valence-electron chi connectivity index (χ1n) is 9.61. The number of alkyl halides is 9. The van der Waals surface area contributed by atoms with Gasteiger partial charge < -0.3 is 18.9 Å². The summed E-state index contributed by atoms with van der Waals surface area (Å²) in [5.41, 5.74) is -0.166. The largest absolute Gasteiger partial charge is 0.491 e. The number of aryl methyl sites for hydroxylation is 1. The van der Waals surface area contributed by atoms with Crippen molar-refractivity contribution < 1.29 is 72.8 Å². The maximum atomic E-state index is 13.0. The topological polar surface area (TPSA) is 131 Å². The maximum absolute atomic E-state index is 13.0. The van der Waals surface area contributed by atoms with E-state index in [1.807, 2.05) is 0 Å². The molecule has 0 bridgehead atoms. The van der Waals surface area contributed by atoms with Crippen LogP contribution >= 0.6 is 0 Å². The van der Waals surface area contributed by atoms with E-state index < -0.39 is 61.1 Å². The summed E-state index contributed by atoms with van der Waals surface area (Å²) in [6.07, 6.45) is -18.5. The maximum Gasteiger partial charge on any atom is 0.491 e. The SMILES string of the molecule is Cn1cc(-c2ccc3c(n2)OC(OC(=O)C(F)(F)F)(OC(=O)C(F)(F)F)C(OC(=O)C(F)(F)F)NC3)cn1. The highest BCUT2D eigenvalue weighted by atomic mass is 19.4. The number of hydrogen-bond acceptors (Lipinski definition) is 10. The first kappa shape index (κ1) is 28.5. The molecule has 0 radical (unpaired) electrons. The lowest BCUT2D eigenvalue weighted by Crippen LogP contribution is -2.63. The lowest BCUT2D eigenvalue weighted by Gasteiger charge is -2.35. The van der Waals surface area contributed by atoms with Crippen LogP contribution < -0.4 is 10.1 Å². The minimum absolute atomic E-state index is 0.0965. The fourth-order valence-electron chi connectivity index (χ4n) is 2.75. The van der Waals surface area contributed by atoms with Crippen LogP contribution in [0.1, 0.15) is 5.56 Å². The van der Waals surface area contributed by atoms with E-state index >= 15 is 0 Å². The fraction of sp³-hybridized carbons (Fsp3) is 0.389. The van der Waals surface area contributed by atoms with E-state index in [4.69, 9.17) is 4.74 Å². The molecule has 3 rings (SSSR count). The summed E-state index contributed by atoms with van der Waals surface area (Å²) in [6, 6.07) is 2.35. The Hall–Kier alpha value is -4.10. The van der Waals surface area contributed by atoms with Crippen molar-refractivity contribution in [2.24, 2.45) is 7.05 Å². The van der Waals surface area contributed by atoms with E-state index in [1.165, 1.54) is 30.2 Å². The van der Waals surface area contributed by atoms with Gasteiger partial charge in [-0.1, -0.05) is 6.07 Å². The van der Waals surface area contributed by atoms with Crippen LogP contribution in [0.15, 0.2) is 24.5 Å². The van der Waals surface area contributed by atoms with E-state index in [0.717, 1.165) is 6.07 Å². The molecular weight excluding hydrogens is 555 g/mol. The quantitative estimate of drug-likeness (QED) is 0.334. The van der Waals surface area contributed by atoms with Gasteiger partial charge in [-0.25, -0.2) is 19.4 Å². The van der Waals surface area contributed by atoms with Crippen LogP contribution in [0.25, 0.3) is 11.3 Å². The van der Waals surface area contributed by atoms with Crippen molar-refractivity contribution in [2.75, 3.05) is 0 Å². The molecule has 0 aliphatic carbocycles. The van der Waals surface area contributed by atoms with Crippen LogP contribution in [-0.2, 0) is 42.2 Å². The third-order valence-corrected chi connectivity index (χ3v) is 4.37. The molecule has 20 heteroatoms. The van der Waals surface area contributed by atoms with Crippen LogP contribution in [0, 0.1) is 0 Å². The number of hydrogen-bond donors (Lipinski definition) is 1. The smallest absolute Gasteiger partial charge is 0.427 e. The molecule has 0 fully saturated rings. The zero-order valence-electron chi connectivity index (χ0n) is 18.2. The van der Waals surface area contributed by atoms with Gasteiger partial charge in [-0.2, -0.15) is 44.6 Å². The Morgan fingerprint density at radius 3 is 2.00 bits per heavy atom. The lowest BCUT2D eigenvalue weighted by atomic mass is 10.2. The summed E-state index contributed by atoms with van der Waals surface area (Å²) in [5.74, 6) is -15.4. The minimum Gasteiger partial charge on any atom is -0.427 e. The van der Waals surface area contributed by atoms with E-state index in [-0.39, 0.29) is 16.8 Å². The molecule has 38 heavy (non-hydrogen) atoms. The van der Waals surface area contributed by atoms with Gasteiger partial charge in [0.1, 0.15) is 0 Å². The number of carbonyl (C=O) groups is 3. The summed E-state index contributed by atoms with van der Waals surface area (Å²) >= 11 is 0. The summed E-state index contributed by atoms with van der Waals surface area (Å²) in [6.45, 7) is -0.819. The van der Waals surface area contributed by atoms with Crippen molar-refractivity contribution in [1.82, 2.24) is 20.1 Å². The van der Waals surface area contributed by atoms with E-state index in [1.54, 1.807) is 5.32 Å². The number of fused-ring (bicyclic) bond motifs is 1.